The molecule has 2 rings (SSSR count). The van der Waals surface area contributed by atoms with Gasteiger partial charge in [-0.15, -0.1) is 11.6 Å². The number of aryl methyl sites for hydroxylation is 1. The van der Waals surface area contributed by atoms with Crippen LogP contribution in [0.2, 0.25) is 0 Å². The fourth-order valence-electron chi connectivity index (χ4n) is 2.11. The zero-order chi connectivity index (χ0) is 14.8. The molecule has 0 aliphatic rings. The first-order valence-electron chi connectivity index (χ1n) is 7.05. The number of alkyl halides is 1. The Morgan fingerprint density at radius 1 is 1.25 bits per heavy atom. The molecule has 0 radical (unpaired) electrons. The summed E-state index contributed by atoms with van der Waals surface area (Å²) in [7, 11) is 0. The van der Waals surface area contributed by atoms with Gasteiger partial charge in [-0.1, -0.05) is 27.7 Å². The molecule has 0 amide bonds. The summed E-state index contributed by atoms with van der Waals surface area (Å²) in [4.78, 5) is 9.22. The van der Waals surface area contributed by atoms with Gasteiger partial charge in [0.1, 0.15) is 11.6 Å². The number of pyridine rings is 1. The smallest absolute Gasteiger partial charge is 0.138 e. The van der Waals surface area contributed by atoms with Crippen LogP contribution in [0.4, 0.5) is 0 Å². The largest absolute Gasteiger partial charge is 0.288 e. The average molecular weight is 292 g/mol. The van der Waals surface area contributed by atoms with Gasteiger partial charge in [-0.05, 0) is 24.1 Å². The minimum Gasteiger partial charge on any atom is -0.288 e. The normalized spacial score (nSPS) is 11.8. The van der Waals surface area contributed by atoms with Crippen molar-refractivity contribution < 1.29 is 0 Å². The van der Waals surface area contributed by atoms with E-state index in [-0.39, 0.29) is 5.41 Å². The average Bonchev–Trinajstić information content (AvgIpc) is 2.86. The Morgan fingerprint density at radius 2 is 2.00 bits per heavy atom. The molecule has 0 N–H and O–H groups in total. The fraction of sp³-hybridized carbons (Fsp3) is 0.500. The first kappa shape index (κ1) is 15.0. The Hall–Kier alpha value is -1.35. The van der Waals surface area contributed by atoms with E-state index in [1.54, 1.807) is 0 Å². The summed E-state index contributed by atoms with van der Waals surface area (Å²) in [6.07, 6.45) is 5.82. The highest BCUT2D eigenvalue weighted by molar-refractivity contribution is 6.17. The molecule has 0 spiro atoms. The third-order valence-corrected chi connectivity index (χ3v) is 3.54. The monoisotopic (exact) mass is 291 g/mol. The highest BCUT2D eigenvalue weighted by Gasteiger charge is 2.18. The Bertz CT molecular complexity index is 582. The van der Waals surface area contributed by atoms with E-state index in [9.17, 15) is 0 Å². The molecule has 0 atom stereocenters. The predicted octanol–water partition coefficient (Wildman–Crippen LogP) is 4.26. The van der Waals surface area contributed by atoms with Gasteiger partial charge in [0, 0.05) is 35.8 Å². The molecule has 0 unspecified atom stereocenters. The van der Waals surface area contributed by atoms with Crippen LogP contribution in [0.3, 0.4) is 0 Å². The van der Waals surface area contributed by atoms with E-state index in [0.717, 1.165) is 35.7 Å². The Morgan fingerprint density at radius 3 is 2.60 bits per heavy atom. The number of hydrogen-bond acceptors (Lipinski definition) is 2. The molecule has 4 heteroatoms. The molecular formula is C16H22ClN3. The molecule has 20 heavy (non-hydrogen) atoms. The van der Waals surface area contributed by atoms with E-state index in [2.05, 4.69) is 43.3 Å². The molecule has 0 saturated carbocycles. The van der Waals surface area contributed by atoms with Crippen LogP contribution in [0.25, 0.3) is 5.82 Å². The number of rotatable bonds is 4. The van der Waals surface area contributed by atoms with Crippen LogP contribution in [0.5, 0.6) is 0 Å². The molecule has 0 saturated heterocycles. The summed E-state index contributed by atoms with van der Waals surface area (Å²) in [5.74, 6) is 2.46. The van der Waals surface area contributed by atoms with Crippen molar-refractivity contribution in [3.05, 3.63) is 41.6 Å². The van der Waals surface area contributed by atoms with Gasteiger partial charge in [-0.25, -0.2) is 9.97 Å². The summed E-state index contributed by atoms with van der Waals surface area (Å²) in [5.41, 5.74) is 2.15. The second kappa shape index (κ2) is 5.96. The summed E-state index contributed by atoms with van der Waals surface area (Å²) < 4.78 is 2.06. The highest BCUT2D eigenvalue weighted by Crippen LogP contribution is 2.24. The van der Waals surface area contributed by atoms with Gasteiger partial charge >= 0.3 is 0 Å². The summed E-state index contributed by atoms with van der Waals surface area (Å²) in [6.45, 7) is 8.65. The molecule has 3 nitrogen and oxygen atoms in total. The van der Waals surface area contributed by atoms with Crippen molar-refractivity contribution in [3.8, 4) is 5.82 Å². The maximum absolute atomic E-state index is 6.03. The standard InChI is InChI=1S/C16H22ClN3/c1-5-6-14-18-7-8-20(14)15-10-12(11-17)9-13(19-15)16(2,3)4/h7-10H,5-6,11H2,1-4H3. The lowest BCUT2D eigenvalue weighted by molar-refractivity contribution is 0.566. The molecule has 0 bridgehead atoms. The quantitative estimate of drug-likeness (QED) is 0.788. The molecule has 2 aromatic heterocycles. The van der Waals surface area contributed by atoms with Gasteiger partial charge in [0.2, 0.25) is 0 Å². The SMILES string of the molecule is CCCc1nccn1-c1cc(CCl)cc(C(C)(C)C)n1. The summed E-state index contributed by atoms with van der Waals surface area (Å²) in [5, 5.41) is 0. The van der Waals surface area contributed by atoms with E-state index in [1.165, 1.54) is 0 Å². The van der Waals surface area contributed by atoms with E-state index >= 15 is 0 Å². The van der Waals surface area contributed by atoms with Crippen LogP contribution in [0, 0.1) is 0 Å². The second-order valence-corrected chi connectivity index (χ2v) is 6.33. The number of imidazole rings is 1. The maximum atomic E-state index is 6.03. The molecule has 0 aromatic carbocycles. The Kier molecular flexibility index (Phi) is 4.48. The van der Waals surface area contributed by atoms with E-state index in [0.29, 0.717) is 5.88 Å². The van der Waals surface area contributed by atoms with Crippen LogP contribution in [0.15, 0.2) is 24.5 Å². The lowest BCUT2D eigenvalue weighted by Gasteiger charge is -2.20. The highest BCUT2D eigenvalue weighted by atomic mass is 35.5. The van der Waals surface area contributed by atoms with E-state index in [1.807, 2.05) is 18.5 Å². The van der Waals surface area contributed by atoms with Gasteiger partial charge in [0.25, 0.3) is 0 Å². The first-order chi connectivity index (χ1) is 9.45. The first-order valence-corrected chi connectivity index (χ1v) is 7.59. The lowest BCUT2D eigenvalue weighted by Crippen LogP contribution is -2.16. The third-order valence-electron chi connectivity index (χ3n) is 3.23. The fourth-order valence-corrected chi connectivity index (χ4v) is 2.26. The topological polar surface area (TPSA) is 30.7 Å². The summed E-state index contributed by atoms with van der Waals surface area (Å²) in [6, 6.07) is 4.13. The van der Waals surface area contributed by atoms with Crippen LogP contribution in [-0.2, 0) is 17.7 Å². The van der Waals surface area contributed by atoms with Crippen molar-refractivity contribution in [1.29, 1.82) is 0 Å². The molecule has 108 valence electrons. The summed E-state index contributed by atoms with van der Waals surface area (Å²) >= 11 is 6.03. The van der Waals surface area contributed by atoms with Crippen LogP contribution < -0.4 is 0 Å². The number of hydrogen-bond donors (Lipinski definition) is 0. The number of aromatic nitrogens is 3. The third kappa shape index (κ3) is 3.21. The Labute approximate surface area is 126 Å². The molecule has 2 heterocycles. The van der Waals surface area contributed by atoms with Gasteiger partial charge in [0.15, 0.2) is 0 Å². The van der Waals surface area contributed by atoms with Crippen molar-refractivity contribution in [1.82, 2.24) is 14.5 Å². The Balaban J connectivity index is 2.53. The van der Waals surface area contributed by atoms with E-state index in [4.69, 9.17) is 16.6 Å². The minimum absolute atomic E-state index is 0.00230. The zero-order valence-electron chi connectivity index (χ0n) is 12.7. The molecule has 0 fully saturated rings. The molecular weight excluding hydrogens is 270 g/mol. The molecule has 2 aromatic rings. The predicted molar refractivity (Wildman–Crippen MR) is 83.6 cm³/mol. The molecule has 0 aliphatic carbocycles. The van der Waals surface area contributed by atoms with Gasteiger partial charge in [-0.3, -0.25) is 4.57 Å². The lowest BCUT2D eigenvalue weighted by atomic mass is 9.91. The van der Waals surface area contributed by atoms with Crippen molar-refractivity contribution in [2.75, 3.05) is 0 Å². The van der Waals surface area contributed by atoms with Gasteiger partial charge in [0.05, 0.1) is 0 Å². The zero-order valence-corrected chi connectivity index (χ0v) is 13.4. The van der Waals surface area contributed by atoms with Crippen LogP contribution in [-0.4, -0.2) is 14.5 Å². The van der Waals surface area contributed by atoms with Crippen molar-refractivity contribution >= 4 is 11.6 Å². The van der Waals surface area contributed by atoms with Crippen molar-refractivity contribution in [2.24, 2.45) is 0 Å². The van der Waals surface area contributed by atoms with E-state index < -0.39 is 0 Å². The van der Waals surface area contributed by atoms with Gasteiger partial charge in [-0.2, -0.15) is 0 Å². The van der Waals surface area contributed by atoms with Crippen molar-refractivity contribution in [3.63, 3.8) is 0 Å². The molecule has 0 aliphatic heterocycles. The van der Waals surface area contributed by atoms with Crippen LogP contribution in [0.1, 0.15) is 51.2 Å². The van der Waals surface area contributed by atoms with Crippen LogP contribution >= 0.6 is 11.6 Å². The second-order valence-electron chi connectivity index (χ2n) is 6.07. The number of nitrogens with zero attached hydrogens (tertiary/aromatic N) is 3. The number of halogens is 1. The minimum atomic E-state index is 0.00230. The maximum Gasteiger partial charge on any atom is 0.138 e. The van der Waals surface area contributed by atoms with Gasteiger partial charge < -0.3 is 0 Å². The van der Waals surface area contributed by atoms with Crippen molar-refractivity contribution in [2.45, 2.75) is 51.8 Å².